The fourth-order valence-corrected chi connectivity index (χ4v) is 5.16. The highest BCUT2D eigenvalue weighted by atomic mass is 32.2. The molecule has 1 saturated carbocycles. The SMILES string of the molecule is CC#CCOc1cnc2c(Nc3cc(F)c(F)c([C@@H]4C[C@]4(COC)SC(N)=NC)c3)nccc2c1. The predicted molar refractivity (Wildman–Crippen MR) is 135 cm³/mol. The lowest BCUT2D eigenvalue weighted by molar-refractivity contribution is 0.193. The van der Waals surface area contributed by atoms with E-state index in [0.717, 1.165) is 11.5 Å². The van der Waals surface area contributed by atoms with Gasteiger partial charge in [0.2, 0.25) is 0 Å². The van der Waals surface area contributed by atoms with Crippen molar-refractivity contribution in [3.05, 3.63) is 53.9 Å². The molecule has 2 aromatic heterocycles. The molecule has 0 unspecified atom stereocenters. The summed E-state index contributed by atoms with van der Waals surface area (Å²) in [5, 5.41) is 4.24. The molecule has 0 aliphatic heterocycles. The average molecular weight is 498 g/mol. The maximum atomic E-state index is 14.9. The summed E-state index contributed by atoms with van der Waals surface area (Å²) in [5.74, 6) is 4.47. The summed E-state index contributed by atoms with van der Waals surface area (Å²) >= 11 is 1.33. The van der Waals surface area contributed by atoms with Crippen LogP contribution in [-0.2, 0) is 4.74 Å². The zero-order valence-corrected chi connectivity index (χ0v) is 20.4. The average Bonchev–Trinajstić information content (AvgIpc) is 3.54. The minimum Gasteiger partial charge on any atom is -0.479 e. The zero-order valence-electron chi connectivity index (χ0n) is 19.6. The number of hydrogen-bond acceptors (Lipinski definition) is 7. The normalized spacial score (nSPS) is 19.2. The van der Waals surface area contributed by atoms with E-state index in [1.807, 2.05) is 6.07 Å². The fourth-order valence-electron chi connectivity index (χ4n) is 3.95. The van der Waals surface area contributed by atoms with Crippen LogP contribution in [0.1, 0.15) is 24.8 Å². The lowest BCUT2D eigenvalue weighted by Gasteiger charge is -2.17. The molecule has 2 heterocycles. The molecule has 2 atom stereocenters. The van der Waals surface area contributed by atoms with Crippen molar-refractivity contribution in [3.8, 4) is 17.6 Å². The van der Waals surface area contributed by atoms with Crippen molar-refractivity contribution in [2.45, 2.75) is 24.0 Å². The first kappa shape index (κ1) is 24.7. The fraction of sp³-hybridized carbons (Fsp3) is 0.320. The van der Waals surface area contributed by atoms with Gasteiger partial charge in [-0.1, -0.05) is 17.7 Å². The highest BCUT2D eigenvalue weighted by Gasteiger charge is 2.57. The molecule has 7 nitrogen and oxygen atoms in total. The monoisotopic (exact) mass is 497 g/mol. The third-order valence-electron chi connectivity index (χ3n) is 5.70. The van der Waals surface area contributed by atoms with Crippen molar-refractivity contribution in [1.29, 1.82) is 0 Å². The second-order valence-corrected chi connectivity index (χ2v) is 9.46. The minimum atomic E-state index is -0.953. The van der Waals surface area contributed by atoms with Crippen LogP contribution in [0.4, 0.5) is 20.3 Å². The summed E-state index contributed by atoms with van der Waals surface area (Å²) in [7, 11) is 3.16. The van der Waals surface area contributed by atoms with Gasteiger partial charge in [0.05, 0.1) is 17.6 Å². The molecule has 0 amide bonds. The van der Waals surface area contributed by atoms with E-state index in [0.29, 0.717) is 41.0 Å². The van der Waals surface area contributed by atoms with Gasteiger partial charge in [-0.15, -0.1) is 5.92 Å². The first-order chi connectivity index (χ1) is 16.9. The van der Waals surface area contributed by atoms with Crippen molar-refractivity contribution in [2.75, 3.05) is 32.7 Å². The third-order valence-corrected chi connectivity index (χ3v) is 7.07. The molecule has 3 N–H and O–H groups in total. The molecule has 182 valence electrons. The van der Waals surface area contributed by atoms with Gasteiger partial charge >= 0.3 is 0 Å². The van der Waals surface area contributed by atoms with Crippen LogP contribution >= 0.6 is 11.8 Å². The number of anilines is 2. The number of halogens is 2. The summed E-state index contributed by atoms with van der Waals surface area (Å²) < 4.78 is 39.9. The van der Waals surface area contributed by atoms with Gasteiger partial charge in [0.1, 0.15) is 17.9 Å². The number of pyridine rings is 2. The minimum absolute atomic E-state index is 0.252. The van der Waals surface area contributed by atoms with Gasteiger partial charge in [-0.3, -0.25) is 4.99 Å². The highest BCUT2D eigenvalue weighted by Crippen LogP contribution is 2.61. The Hall–Kier alpha value is -3.42. The Kier molecular flexibility index (Phi) is 7.38. The van der Waals surface area contributed by atoms with Gasteiger partial charge < -0.3 is 20.5 Å². The third kappa shape index (κ3) is 5.31. The number of aliphatic imine (C=N–C) groups is 1. The number of nitrogens with two attached hydrogens (primary N) is 1. The molecule has 35 heavy (non-hydrogen) atoms. The van der Waals surface area contributed by atoms with Crippen LogP contribution in [0.3, 0.4) is 0 Å². The number of aromatic nitrogens is 2. The molecule has 10 heteroatoms. The molecule has 0 bridgehead atoms. The molecular weight excluding hydrogens is 472 g/mol. The Morgan fingerprint density at radius 2 is 2.17 bits per heavy atom. The van der Waals surface area contributed by atoms with E-state index < -0.39 is 16.4 Å². The first-order valence-corrected chi connectivity index (χ1v) is 11.7. The lowest BCUT2D eigenvalue weighted by Crippen LogP contribution is -2.21. The number of nitrogens with zero attached hydrogens (tertiary/aromatic N) is 3. The molecule has 1 aliphatic carbocycles. The maximum Gasteiger partial charge on any atom is 0.162 e. The van der Waals surface area contributed by atoms with Crippen LogP contribution in [0.15, 0.2) is 41.7 Å². The van der Waals surface area contributed by atoms with Crippen LogP contribution in [0.2, 0.25) is 0 Å². The molecule has 1 fully saturated rings. The molecule has 4 rings (SSSR count). The number of fused-ring (bicyclic) bond motifs is 1. The number of rotatable bonds is 8. The highest BCUT2D eigenvalue weighted by molar-refractivity contribution is 8.15. The number of methoxy groups -OCH3 is 1. The number of ether oxygens (including phenoxy) is 2. The number of benzene rings is 1. The van der Waals surface area contributed by atoms with Crippen LogP contribution < -0.4 is 15.8 Å². The van der Waals surface area contributed by atoms with E-state index in [4.69, 9.17) is 15.2 Å². The Bertz CT molecular complexity index is 1340. The van der Waals surface area contributed by atoms with Gasteiger partial charge in [-0.2, -0.15) is 0 Å². The Labute approximate surface area is 206 Å². The molecule has 0 saturated heterocycles. The van der Waals surface area contributed by atoms with Crippen LogP contribution in [0, 0.1) is 23.5 Å². The van der Waals surface area contributed by atoms with Crippen LogP contribution in [-0.4, -0.2) is 47.3 Å². The van der Waals surface area contributed by atoms with Crippen molar-refractivity contribution in [3.63, 3.8) is 0 Å². The Morgan fingerprint density at radius 3 is 2.91 bits per heavy atom. The standard InChI is InChI=1S/C25H25F2N5O2S/c1-4-5-8-34-17-9-15-6-7-30-23(22(15)31-13-17)32-16-10-18(21(27)20(26)11-16)19-12-25(19,14-33-3)35-24(28)29-2/h6-7,9-11,13,19H,8,12,14H2,1-3H3,(H2,28,29)(H,30,32)/t19-,25+/m0/s1. The summed E-state index contributed by atoms with van der Waals surface area (Å²) in [5.41, 5.74) is 7.09. The first-order valence-electron chi connectivity index (χ1n) is 10.8. The van der Waals surface area contributed by atoms with Gasteiger partial charge in [0.25, 0.3) is 0 Å². The summed E-state index contributed by atoms with van der Waals surface area (Å²) in [6.07, 6.45) is 3.76. The summed E-state index contributed by atoms with van der Waals surface area (Å²) in [6, 6.07) is 6.32. The molecule has 3 aromatic rings. The van der Waals surface area contributed by atoms with Crippen LogP contribution in [0.5, 0.6) is 5.75 Å². The van der Waals surface area contributed by atoms with Crippen LogP contribution in [0.25, 0.3) is 10.9 Å². The van der Waals surface area contributed by atoms with E-state index in [-0.39, 0.29) is 18.1 Å². The molecule has 1 aliphatic rings. The van der Waals surface area contributed by atoms with E-state index >= 15 is 0 Å². The maximum absolute atomic E-state index is 14.9. The number of thioether (sulfide) groups is 1. The van der Waals surface area contributed by atoms with Crippen molar-refractivity contribution >= 4 is 39.3 Å². The van der Waals surface area contributed by atoms with Gasteiger partial charge in [-0.05, 0) is 37.1 Å². The number of amidine groups is 1. The van der Waals surface area contributed by atoms with Gasteiger partial charge in [0, 0.05) is 43.4 Å². The summed E-state index contributed by atoms with van der Waals surface area (Å²) in [6.45, 7) is 2.33. The van der Waals surface area contributed by atoms with Crippen molar-refractivity contribution in [1.82, 2.24) is 9.97 Å². The molecule has 0 radical (unpaired) electrons. The molecule has 1 aromatic carbocycles. The quantitative estimate of drug-likeness (QED) is 0.267. The smallest absolute Gasteiger partial charge is 0.162 e. The van der Waals surface area contributed by atoms with E-state index in [2.05, 4.69) is 32.1 Å². The van der Waals surface area contributed by atoms with Gasteiger partial charge in [-0.25, -0.2) is 18.7 Å². The Morgan fingerprint density at radius 1 is 1.34 bits per heavy atom. The van der Waals surface area contributed by atoms with Gasteiger partial charge in [0.15, 0.2) is 22.6 Å². The number of hydrogen-bond donors (Lipinski definition) is 2. The Balaban J connectivity index is 1.63. The van der Waals surface area contributed by atoms with Crippen molar-refractivity contribution in [2.24, 2.45) is 10.7 Å². The summed E-state index contributed by atoms with van der Waals surface area (Å²) in [4.78, 5) is 12.8. The van der Waals surface area contributed by atoms with E-state index in [9.17, 15) is 8.78 Å². The topological polar surface area (TPSA) is 94.6 Å². The molecular formula is C25H25F2N5O2S. The number of nitrogens with one attached hydrogen (secondary N) is 1. The lowest BCUT2D eigenvalue weighted by atomic mass is 10.1. The van der Waals surface area contributed by atoms with Crippen molar-refractivity contribution < 1.29 is 18.3 Å². The van der Waals surface area contributed by atoms with E-state index in [1.165, 1.54) is 11.8 Å². The second-order valence-electron chi connectivity index (χ2n) is 8.02. The zero-order chi connectivity index (χ0) is 25.0. The largest absolute Gasteiger partial charge is 0.479 e. The predicted octanol–water partition coefficient (Wildman–Crippen LogP) is 4.60. The second kappa shape index (κ2) is 10.5. The molecule has 0 spiro atoms. The van der Waals surface area contributed by atoms with E-state index in [1.54, 1.807) is 45.6 Å².